The third-order valence-electron chi connectivity index (χ3n) is 0.577. The van der Waals surface area contributed by atoms with Gasteiger partial charge >= 0.3 is 23.1 Å². The first-order chi connectivity index (χ1) is 3.13. The molecule has 0 aromatic heterocycles. The van der Waals surface area contributed by atoms with Gasteiger partial charge in [0.05, 0.1) is 0 Å². The second-order valence-corrected chi connectivity index (χ2v) is 2.30. The molecule has 0 atom stereocenters. The van der Waals surface area contributed by atoms with Crippen LogP contribution in [-0.2, 0) is 0 Å². The summed E-state index contributed by atoms with van der Waals surface area (Å²) in [6, 6.07) is 0. The van der Waals surface area contributed by atoms with Crippen LogP contribution in [0.5, 0.6) is 0 Å². The Bertz CT molecular complexity index is 73.0. The van der Waals surface area contributed by atoms with E-state index in [9.17, 15) is 0 Å². The minimum absolute atomic E-state index is 0. The van der Waals surface area contributed by atoms with Crippen LogP contribution in [0.1, 0.15) is 27.7 Å². The Morgan fingerprint density at radius 2 is 1.56 bits per heavy atom. The van der Waals surface area contributed by atoms with Crippen molar-refractivity contribution < 1.29 is 12.4 Å². The van der Waals surface area contributed by atoms with E-state index in [2.05, 4.69) is 33.8 Å². The van der Waals surface area contributed by atoms with Crippen molar-refractivity contribution in [3.8, 4) is 0 Å². The third-order valence-corrected chi connectivity index (χ3v) is 0.577. The largest absolute Gasteiger partial charge is 2.00 e. The molecule has 0 aliphatic rings. The summed E-state index contributed by atoms with van der Waals surface area (Å²) < 4.78 is 0. The fourth-order valence-electron chi connectivity index (χ4n) is 0.577. The standard InChI is InChI=1S/C7H13.ClH.Mg/c1-6(2)5-7(3)4;;/h5H,1-4H3;1H;/q-1;;+2/p-1. The van der Waals surface area contributed by atoms with Gasteiger partial charge in [0.25, 0.3) is 0 Å². The van der Waals surface area contributed by atoms with Crippen LogP contribution in [0, 0.1) is 5.92 Å². The normalized spacial score (nSPS) is 6.22. The quantitative estimate of drug-likeness (QED) is 0.345. The van der Waals surface area contributed by atoms with Gasteiger partial charge in [0, 0.05) is 0 Å². The zero-order chi connectivity index (χ0) is 5.86. The first kappa shape index (κ1) is 16.3. The molecule has 0 nitrogen and oxygen atoms in total. The van der Waals surface area contributed by atoms with Gasteiger partial charge in [0.1, 0.15) is 0 Å². The van der Waals surface area contributed by atoms with Crippen LogP contribution < -0.4 is 12.4 Å². The Balaban J connectivity index is -0.000000180. The molecule has 0 saturated carbocycles. The SMILES string of the molecule is CC(C)=C[C-](C)C.[Cl-].[Mg+2]. The van der Waals surface area contributed by atoms with Crippen molar-refractivity contribution in [1.29, 1.82) is 0 Å². The maximum absolute atomic E-state index is 2.17. The minimum atomic E-state index is 0. The van der Waals surface area contributed by atoms with Crippen molar-refractivity contribution in [2.75, 3.05) is 0 Å². The van der Waals surface area contributed by atoms with Crippen molar-refractivity contribution in [1.82, 2.24) is 0 Å². The molecule has 0 fully saturated rings. The van der Waals surface area contributed by atoms with E-state index < -0.39 is 0 Å². The number of allylic oxidation sites excluding steroid dienone is 2. The van der Waals surface area contributed by atoms with Gasteiger partial charge in [-0.3, -0.25) is 0 Å². The molecule has 0 aliphatic carbocycles. The van der Waals surface area contributed by atoms with E-state index in [0.29, 0.717) is 0 Å². The zero-order valence-corrected chi connectivity index (χ0v) is 8.83. The molecule has 0 aliphatic heterocycles. The monoisotopic (exact) mass is 156 g/mol. The molecular weight excluding hydrogens is 144 g/mol. The molecular formula is C7H13ClMg. The van der Waals surface area contributed by atoms with E-state index in [4.69, 9.17) is 0 Å². The molecule has 0 radical (unpaired) electrons. The van der Waals surface area contributed by atoms with Crippen LogP contribution >= 0.6 is 0 Å². The van der Waals surface area contributed by atoms with Gasteiger partial charge in [-0.25, -0.2) is 17.6 Å². The molecule has 0 unspecified atom stereocenters. The number of halogens is 1. The molecule has 0 rings (SSSR count). The second kappa shape index (κ2) is 8.67. The first-order valence-electron chi connectivity index (χ1n) is 2.58. The van der Waals surface area contributed by atoms with Crippen molar-refractivity contribution in [2.45, 2.75) is 27.7 Å². The molecule has 0 aromatic rings. The Labute approximate surface area is 80.7 Å². The summed E-state index contributed by atoms with van der Waals surface area (Å²) >= 11 is 0. The topological polar surface area (TPSA) is 0 Å². The molecule has 0 N–H and O–H groups in total. The third kappa shape index (κ3) is 17.7. The summed E-state index contributed by atoms with van der Waals surface area (Å²) in [6.45, 7) is 8.42. The van der Waals surface area contributed by atoms with Gasteiger partial charge in [-0.15, -0.1) is 27.7 Å². The van der Waals surface area contributed by atoms with Crippen molar-refractivity contribution in [3.63, 3.8) is 0 Å². The number of hydrogen-bond donors (Lipinski definition) is 0. The summed E-state index contributed by atoms with van der Waals surface area (Å²) in [5, 5.41) is 0. The van der Waals surface area contributed by atoms with Crippen LogP contribution in [0.3, 0.4) is 0 Å². The summed E-state index contributed by atoms with van der Waals surface area (Å²) in [5.41, 5.74) is 1.38. The van der Waals surface area contributed by atoms with E-state index in [0.717, 1.165) is 0 Å². The Hall–Kier alpha value is 0.666. The second-order valence-electron chi connectivity index (χ2n) is 2.30. The van der Waals surface area contributed by atoms with Gasteiger partial charge in [0.2, 0.25) is 0 Å². The molecule has 50 valence electrons. The van der Waals surface area contributed by atoms with Gasteiger partial charge < -0.3 is 12.4 Å². The molecule has 0 spiro atoms. The van der Waals surface area contributed by atoms with Crippen LogP contribution in [0.15, 0.2) is 11.6 Å². The minimum Gasteiger partial charge on any atom is -1.00 e. The fraction of sp³-hybridized carbons (Fsp3) is 0.571. The first-order valence-corrected chi connectivity index (χ1v) is 2.58. The van der Waals surface area contributed by atoms with E-state index in [1.165, 1.54) is 11.5 Å². The average molecular weight is 157 g/mol. The average Bonchev–Trinajstić information content (AvgIpc) is 1.27. The van der Waals surface area contributed by atoms with Crippen LogP contribution in [0.25, 0.3) is 0 Å². The molecule has 2 heteroatoms. The smallest absolute Gasteiger partial charge is 1.00 e. The van der Waals surface area contributed by atoms with Crippen molar-refractivity contribution in [2.24, 2.45) is 0 Å². The van der Waals surface area contributed by atoms with E-state index in [-0.39, 0.29) is 35.5 Å². The Kier molecular flexibility index (Phi) is 15.7. The van der Waals surface area contributed by atoms with E-state index in [1.807, 2.05) is 0 Å². The van der Waals surface area contributed by atoms with Crippen LogP contribution in [-0.4, -0.2) is 23.1 Å². The maximum Gasteiger partial charge on any atom is 2.00 e. The van der Waals surface area contributed by atoms with E-state index >= 15 is 0 Å². The van der Waals surface area contributed by atoms with Gasteiger partial charge in [-0.05, 0) is 0 Å². The number of rotatable bonds is 1. The maximum atomic E-state index is 2.17. The molecule has 9 heavy (non-hydrogen) atoms. The molecule has 0 amide bonds. The predicted octanol–water partition coefficient (Wildman–Crippen LogP) is -0.810. The van der Waals surface area contributed by atoms with Crippen molar-refractivity contribution in [3.05, 3.63) is 17.6 Å². The Morgan fingerprint density at radius 3 is 1.56 bits per heavy atom. The summed E-state index contributed by atoms with van der Waals surface area (Å²) in [5.74, 6) is 1.38. The van der Waals surface area contributed by atoms with Crippen LogP contribution in [0.2, 0.25) is 0 Å². The van der Waals surface area contributed by atoms with Gasteiger partial charge in [-0.1, -0.05) is 0 Å². The van der Waals surface area contributed by atoms with Crippen molar-refractivity contribution >= 4 is 23.1 Å². The summed E-state index contributed by atoms with van der Waals surface area (Å²) in [7, 11) is 0. The van der Waals surface area contributed by atoms with Crippen LogP contribution in [0.4, 0.5) is 0 Å². The molecule has 0 aromatic carbocycles. The summed E-state index contributed by atoms with van der Waals surface area (Å²) in [6.07, 6.45) is 2.17. The van der Waals surface area contributed by atoms with Gasteiger partial charge in [0.15, 0.2) is 0 Å². The van der Waals surface area contributed by atoms with E-state index in [1.54, 1.807) is 0 Å². The molecule has 0 bridgehead atoms. The zero-order valence-electron chi connectivity index (χ0n) is 6.66. The fourth-order valence-corrected chi connectivity index (χ4v) is 0.577. The number of hydrogen-bond acceptors (Lipinski definition) is 0. The molecule has 0 saturated heterocycles. The Morgan fingerprint density at radius 1 is 1.22 bits per heavy atom. The summed E-state index contributed by atoms with van der Waals surface area (Å²) in [4.78, 5) is 0. The van der Waals surface area contributed by atoms with Gasteiger partial charge in [-0.2, -0.15) is 0 Å². The molecule has 0 heterocycles. The predicted molar refractivity (Wildman–Crippen MR) is 39.8 cm³/mol.